The lowest BCUT2D eigenvalue weighted by Gasteiger charge is -2.27. The molecule has 1 aliphatic rings. The minimum Gasteiger partial charge on any atom is -0.369 e. The summed E-state index contributed by atoms with van der Waals surface area (Å²) >= 11 is 0. The van der Waals surface area contributed by atoms with Crippen LogP contribution in [-0.2, 0) is 9.59 Å². The van der Waals surface area contributed by atoms with E-state index < -0.39 is 0 Å². The first-order valence-electron chi connectivity index (χ1n) is 5.03. The number of nitrogens with two attached hydrogens (primary N) is 1. The maximum absolute atomic E-state index is 11.6. The Kier molecular flexibility index (Phi) is 3.49. The zero-order valence-electron chi connectivity index (χ0n) is 8.82. The summed E-state index contributed by atoms with van der Waals surface area (Å²) in [4.78, 5) is 24.1. The standard InChI is InChI=1S/C10H18N2O2/c1-12(2)10(14)8-5-3-7(4-6-8)9(11)13/h7-8H,3-6H2,1-2H3,(H2,11,13)/t7-,8-. The third-order valence-corrected chi connectivity index (χ3v) is 2.92. The van der Waals surface area contributed by atoms with Crippen LogP contribution in [0.25, 0.3) is 0 Å². The van der Waals surface area contributed by atoms with Crippen molar-refractivity contribution in [2.75, 3.05) is 14.1 Å². The van der Waals surface area contributed by atoms with Crippen LogP contribution in [0.5, 0.6) is 0 Å². The number of hydrogen-bond donors (Lipinski definition) is 1. The summed E-state index contributed by atoms with van der Waals surface area (Å²) in [6.07, 6.45) is 3.12. The number of rotatable bonds is 2. The number of hydrogen-bond acceptors (Lipinski definition) is 2. The summed E-state index contributed by atoms with van der Waals surface area (Å²) in [5.41, 5.74) is 5.21. The fourth-order valence-corrected chi connectivity index (χ4v) is 1.99. The van der Waals surface area contributed by atoms with E-state index in [4.69, 9.17) is 5.73 Å². The first kappa shape index (κ1) is 11.0. The average molecular weight is 198 g/mol. The van der Waals surface area contributed by atoms with Gasteiger partial charge in [-0.2, -0.15) is 0 Å². The molecule has 1 aliphatic carbocycles. The number of amides is 2. The van der Waals surface area contributed by atoms with E-state index >= 15 is 0 Å². The van der Waals surface area contributed by atoms with E-state index in [-0.39, 0.29) is 23.7 Å². The van der Waals surface area contributed by atoms with Gasteiger partial charge in [-0.1, -0.05) is 0 Å². The number of nitrogens with zero attached hydrogens (tertiary/aromatic N) is 1. The molecule has 4 heteroatoms. The van der Waals surface area contributed by atoms with Crippen LogP contribution >= 0.6 is 0 Å². The molecule has 0 radical (unpaired) electrons. The SMILES string of the molecule is CN(C)C(=O)[C@H]1CC[C@H](C(N)=O)CC1. The molecule has 0 heterocycles. The molecule has 0 aromatic heterocycles. The number of primary amides is 1. The van der Waals surface area contributed by atoms with E-state index in [1.54, 1.807) is 19.0 Å². The van der Waals surface area contributed by atoms with Gasteiger partial charge in [-0.3, -0.25) is 9.59 Å². The molecular weight excluding hydrogens is 180 g/mol. The Hall–Kier alpha value is -1.06. The van der Waals surface area contributed by atoms with Crippen molar-refractivity contribution in [1.82, 2.24) is 4.90 Å². The smallest absolute Gasteiger partial charge is 0.225 e. The highest BCUT2D eigenvalue weighted by Crippen LogP contribution is 2.29. The Morgan fingerprint density at radius 1 is 1.07 bits per heavy atom. The normalized spacial score (nSPS) is 27.0. The Morgan fingerprint density at radius 3 is 1.86 bits per heavy atom. The summed E-state index contributed by atoms with van der Waals surface area (Å²) in [6, 6.07) is 0. The second-order valence-electron chi connectivity index (χ2n) is 4.18. The number of carbonyl (C=O) groups is 2. The lowest BCUT2D eigenvalue weighted by Crippen LogP contribution is -2.35. The summed E-state index contributed by atoms with van der Waals surface area (Å²) in [6.45, 7) is 0. The highest BCUT2D eigenvalue weighted by Gasteiger charge is 2.29. The lowest BCUT2D eigenvalue weighted by atomic mass is 9.81. The van der Waals surface area contributed by atoms with Crippen LogP contribution in [-0.4, -0.2) is 30.8 Å². The van der Waals surface area contributed by atoms with Crippen molar-refractivity contribution in [3.63, 3.8) is 0 Å². The van der Waals surface area contributed by atoms with Gasteiger partial charge in [0.15, 0.2) is 0 Å². The third kappa shape index (κ3) is 2.47. The summed E-state index contributed by atoms with van der Waals surface area (Å²) < 4.78 is 0. The Labute approximate surface area is 84.4 Å². The first-order valence-corrected chi connectivity index (χ1v) is 5.03. The van der Waals surface area contributed by atoms with E-state index in [0.717, 1.165) is 25.7 Å². The summed E-state index contributed by atoms with van der Waals surface area (Å²) in [5, 5.41) is 0. The minimum atomic E-state index is -0.222. The number of carbonyl (C=O) groups excluding carboxylic acids is 2. The van der Waals surface area contributed by atoms with Gasteiger partial charge in [0.2, 0.25) is 11.8 Å². The van der Waals surface area contributed by atoms with E-state index in [2.05, 4.69) is 0 Å². The molecule has 0 aromatic carbocycles. The maximum Gasteiger partial charge on any atom is 0.225 e. The molecule has 0 saturated heterocycles. The zero-order chi connectivity index (χ0) is 10.7. The molecule has 0 aromatic rings. The Balaban J connectivity index is 2.43. The average Bonchev–Trinajstić information content (AvgIpc) is 2.16. The van der Waals surface area contributed by atoms with Crippen LogP contribution < -0.4 is 5.73 Å². The molecular formula is C10H18N2O2. The zero-order valence-corrected chi connectivity index (χ0v) is 8.82. The van der Waals surface area contributed by atoms with Crippen LogP contribution in [0.2, 0.25) is 0 Å². The van der Waals surface area contributed by atoms with Gasteiger partial charge in [-0.25, -0.2) is 0 Å². The predicted octanol–water partition coefficient (Wildman–Crippen LogP) is 0.366. The van der Waals surface area contributed by atoms with Crippen LogP contribution in [0.4, 0.5) is 0 Å². The molecule has 0 spiro atoms. The quantitative estimate of drug-likeness (QED) is 0.696. The monoisotopic (exact) mass is 198 g/mol. The van der Waals surface area contributed by atoms with E-state index in [1.807, 2.05) is 0 Å². The lowest BCUT2D eigenvalue weighted by molar-refractivity contribution is -0.135. The summed E-state index contributed by atoms with van der Waals surface area (Å²) in [5.74, 6) is 0.0375. The molecule has 2 N–H and O–H groups in total. The van der Waals surface area contributed by atoms with Crippen LogP contribution in [0.15, 0.2) is 0 Å². The van der Waals surface area contributed by atoms with Crippen LogP contribution in [0.1, 0.15) is 25.7 Å². The largest absolute Gasteiger partial charge is 0.369 e. The molecule has 2 amide bonds. The molecule has 0 atom stereocenters. The second-order valence-corrected chi connectivity index (χ2v) is 4.18. The van der Waals surface area contributed by atoms with Gasteiger partial charge < -0.3 is 10.6 Å². The highest BCUT2D eigenvalue weighted by molar-refractivity contribution is 5.80. The van der Waals surface area contributed by atoms with Gasteiger partial charge in [-0.15, -0.1) is 0 Å². The Bertz CT molecular complexity index is 230. The van der Waals surface area contributed by atoms with E-state index in [9.17, 15) is 9.59 Å². The fourth-order valence-electron chi connectivity index (χ4n) is 1.99. The maximum atomic E-state index is 11.6. The molecule has 0 aliphatic heterocycles. The Morgan fingerprint density at radius 2 is 1.50 bits per heavy atom. The van der Waals surface area contributed by atoms with Gasteiger partial charge in [-0.05, 0) is 25.7 Å². The van der Waals surface area contributed by atoms with E-state index in [1.165, 1.54) is 0 Å². The molecule has 1 saturated carbocycles. The first-order chi connectivity index (χ1) is 6.52. The second kappa shape index (κ2) is 4.44. The van der Waals surface area contributed by atoms with Crippen molar-refractivity contribution < 1.29 is 9.59 Å². The third-order valence-electron chi connectivity index (χ3n) is 2.92. The van der Waals surface area contributed by atoms with Crippen molar-refractivity contribution in [2.45, 2.75) is 25.7 Å². The van der Waals surface area contributed by atoms with Crippen molar-refractivity contribution in [3.05, 3.63) is 0 Å². The molecule has 0 bridgehead atoms. The van der Waals surface area contributed by atoms with Gasteiger partial charge in [0.1, 0.15) is 0 Å². The van der Waals surface area contributed by atoms with Crippen molar-refractivity contribution in [2.24, 2.45) is 17.6 Å². The van der Waals surface area contributed by atoms with Gasteiger partial charge in [0.25, 0.3) is 0 Å². The van der Waals surface area contributed by atoms with Gasteiger partial charge >= 0.3 is 0 Å². The predicted molar refractivity (Wildman–Crippen MR) is 53.3 cm³/mol. The molecule has 4 nitrogen and oxygen atoms in total. The molecule has 1 rings (SSSR count). The van der Waals surface area contributed by atoms with Crippen molar-refractivity contribution in [1.29, 1.82) is 0 Å². The van der Waals surface area contributed by atoms with Crippen molar-refractivity contribution in [3.8, 4) is 0 Å². The van der Waals surface area contributed by atoms with E-state index in [0.29, 0.717) is 0 Å². The minimum absolute atomic E-state index is 0.0128. The van der Waals surface area contributed by atoms with Gasteiger partial charge in [0.05, 0.1) is 0 Å². The summed E-state index contributed by atoms with van der Waals surface area (Å²) in [7, 11) is 3.53. The molecule has 0 unspecified atom stereocenters. The topological polar surface area (TPSA) is 63.4 Å². The van der Waals surface area contributed by atoms with Crippen molar-refractivity contribution >= 4 is 11.8 Å². The molecule has 80 valence electrons. The highest BCUT2D eigenvalue weighted by atomic mass is 16.2. The van der Waals surface area contributed by atoms with Gasteiger partial charge in [0, 0.05) is 25.9 Å². The molecule has 14 heavy (non-hydrogen) atoms. The molecule has 1 fully saturated rings. The van der Waals surface area contributed by atoms with Crippen LogP contribution in [0, 0.1) is 11.8 Å². The fraction of sp³-hybridized carbons (Fsp3) is 0.800. The van der Waals surface area contributed by atoms with Crippen LogP contribution in [0.3, 0.4) is 0 Å².